The molecule has 1 aliphatic carbocycles. The Morgan fingerprint density at radius 1 is 1.15 bits per heavy atom. The second kappa shape index (κ2) is 10.2. The maximum Gasteiger partial charge on any atom is 0.428 e. The lowest BCUT2D eigenvalue weighted by molar-refractivity contribution is -0.124. The first kappa shape index (κ1) is 28.4. The Labute approximate surface area is 227 Å². The molecular formula is C27H39FN6O5. The number of aromatic nitrogens is 2. The molecule has 1 saturated heterocycles. The van der Waals surface area contributed by atoms with E-state index in [1.807, 2.05) is 30.2 Å². The standard InChI is InChI=1S/C27H39FN6O5/c1-26(2,3)21-15-32(10-11-33(21)24(36)37)19-13-20-18(12-17(19)28)29-22(34(20)16-8-9-16)14-23(35)30-31(7)25(38)39-27(4,5)6/h12-13,16,21H,8-11,14-15H2,1-7H3,(H,30,35)(H,36,37). The number of carbonyl (C=O) groups is 3. The Morgan fingerprint density at radius 3 is 2.38 bits per heavy atom. The van der Waals surface area contributed by atoms with Gasteiger partial charge < -0.3 is 24.2 Å². The third kappa shape index (κ3) is 6.36. The number of amides is 3. The summed E-state index contributed by atoms with van der Waals surface area (Å²) in [5, 5.41) is 10.7. The van der Waals surface area contributed by atoms with Gasteiger partial charge in [0, 0.05) is 38.8 Å². The minimum Gasteiger partial charge on any atom is -0.465 e. The molecule has 11 nitrogen and oxygen atoms in total. The normalized spacial score (nSPS) is 18.3. The van der Waals surface area contributed by atoms with Crippen molar-refractivity contribution < 1.29 is 28.6 Å². The molecule has 4 rings (SSSR count). The molecule has 1 saturated carbocycles. The third-order valence-corrected chi connectivity index (χ3v) is 6.99. The van der Waals surface area contributed by atoms with Gasteiger partial charge in [-0.05, 0) is 45.1 Å². The molecule has 1 atom stereocenters. The number of ether oxygens (including phenoxy) is 1. The van der Waals surface area contributed by atoms with Gasteiger partial charge in [-0.25, -0.2) is 24.0 Å². The number of piperazine rings is 1. The van der Waals surface area contributed by atoms with Crippen LogP contribution in [-0.2, 0) is 16.0 Å². The number of hydrazine groups is 1. The molecule has 2 N–H and O–H groups in total. The minimum absolute atomic E-state index is 0.0986. The fraction of sp³-hybridized carbons (Fsp3) is 0.630. The van der Waals surface area contributed by atoms with Crippen molar-refractivity contribution in [1.29, 1.82) is 0 Å². The van der Waals surface area contributed by atoms with Crippen LogP contribution in [0.5, 0.6) is 0 Å². The molecule has 214 valence electrons. The first-order chi connectivity index (χ1) is 18.0. The van der Waals surface area contributed by atoms with Crippen molar-refractivity contribution in [2.24, 2.45) is 5.41 Å². The van der Waals surface area contributed by atoms with Crippen LogP contribution < -0.4 is 10.3 Å². The summed E-state index contributed by atoms with van der Waals surface area (Å²) in [4.78, 5) is 44.8. The van der Waals surface area contributed by atoms with Gasteiger partial charge in [-0.2, -0.15) is 0 Å². The maximum atomic E-state index is 15.4. The van der Waals surface area contributed by atoms with Gasteiger partial charge in [0.15, 0.2) is 0 Å². The molecule has 0 bridgehead atoms. The monoisotopic (exact) mass is 546 g/mol. The summed E-state index contributed by atoms with van der Waals surface area (Å²) in [6.07, 6.45) is 0.0908. The summed E-state index contributed by atoms with van der Waals surface area (Å²) in [6.45, 7) is 12.2. The predicted molar refractivity (Wildman–Crippen MR) is 144 cm³/mol. The number of fused-ring (bicyclic) bond motifs is 1. The van der Waals surface area contributed by atoms with Crippen molar-refractivity contribution in [3.63, 3.8) is 0 Å². The summed E-state index contributed by atoms with van der Waals surface area (Å²) in [6, 6.07) is 2.99. The largest absolute Gasteiger partial charge is 0.465 e. The van der Waals surface area contributed by atoms with E-state index in [1.54, 1.807) is 26.8 Å². The number of benzene rings is 1. The van der Waals surface area contributed by atoms with Crippen LogP contribution in [-0.4, -0.2) is 81.0 Å². The van der Waals surface area contributed by atoms with Crippen molar-refractivity contribution in [2.45, 2.75) is 78.5 Å². The van der Waals surface area contributed by atoms with Crippen LogP contribution in [0, 0.1) is 11.2 Å². The average Bonchev–Trinajstić information content (AvgIpc) is 3.58. The van der Waals surface area contributed by atoms with E-state index in [9.17, 15) is 19.5 Å². The molecule has 2 fully saturated rings. The van der Waals surface area contributed by atoms with Crippen molar-refractivity contribution in [3.8, 4) is 0 Å². The molecule has 2 aromatic rings. The van der Waals surface area contributed by atoms with E-state index in [1.165, 1.54) is 18.0 Å². The van der Waals surface area contributed by atoms with E-state index >= 15 is 4.39 Å². The van der Waals surface area contributed by atoms with Crippen LogP contribution in [0.15, 0.2) is 12.1 Å². The van der Waals surface area contributed by atoms with E-state index in [-0.39, 0.29) is 30.5 Å². The van der Waals surface area contributed by atoms with Crippen LogP contribution in [0.25, 0.3) is 11.0 Å². The molecule has 0 spiro atoms. The van der Waals surface area contributed by atoms with Crippen LogP contribution in [0.2, 0.25) is 0 Å². The molecule has 12 heteroatoms. The Kier molecular flexibility index (Phi) is 7.44. The van der Waals surface area contributed by atoms with Gasteiger partial charge in [-0.3, -0.25) is 10.2 Å². The van der Waals surface area contributed by atoms with Gasteiger partial charge in [0.25, 0.3) is 0 Å². The van der Waals surface area contributed by atoms with Gasteiger partial charge in [-0.1, -0.05) is 20.8 Å². The van der Waals surface area contributed by atoms with Crippen LogP contribution in [0.3, 0.4) is 0 Å². The van der Waals surface area contributed by atoms with E-state index in [0.717, 1.165) is 23.4 Å². The SMILES string of the molecule is CN(NC(=O)Cc1nc2cc(F)c(N3CCN(C(=O)O)C(C(C)(C)C)C3)cc2n1C1CC1)C(=O)OC(C)(C)C. The zero-order chi connectivity index (χ0) is 28.9. The number of imidazole rings is 1. The van der Waals surface area contributed by atoms with Crippen molar-refractivity contribution in [3.05, 3.63) is 23.8 Å². The lowest BCUT2D eigenvalue weighted by Crippen LogP contribution is -2.59. The molecule has 3 amide bonds. The fourth-order valence-electron chi connectivity index (χ4n) is 4.98. The second-order valence-electron chi connectivity index (χ2n) is 12.5. The Bertz CT molecular complexity index is 1280. The Hall–Kier alpha value is -3.57. The molecule has 39 heavy (non-hydrogen) atoms. The van der Waals surface area contributed by atoms with Gasteiger partial charge in [0.05, 0.1) is 29.2 Å². The lowest BCUT2D eigenvalue weighted by atomic mass is 9.84. The van der Waals surface area contributed by atoms with Crippen LogP contribution in [0.4, 0.5) is 19.7 Å². The molecule has 1 unspecified atom stereocenters. The maximum absolute atomic E-state index is 15.4. The van der Waals surface area contributed by atoms with Gasteiger partial charge in [0.2, 0.25) is 5.91 Å². The highest BCUT2D eigenvalue weighted by molar-refractivity contribution is 5.84. The topological polar surface area (TPSA) is 120 Å². The molecule has 1 aromatic heterocycles. The van der Waals surface area contributed by atoms with E-state index in [0.29, 0.717) is 30.1 Å². The Morgan fingerprint density at radius 2 is 1.82 bits per heavy atom. The summed E-state index contributed by atoms with van der Waals surface area (Å²) < 4.78 is 22.7. The van der Waals surface area contributed by atoms with Crippen molar-refractivity contribution >= 4 is 34.8 Å². The first-order valence-corrected chi connectivity index (χ1v) is 13.3. The highest BCUT2D eigenvalue weighted by Crippen LogP contribution is 2.40. The van der Waals surface area contributed by atoms with E-state index < -0.39 is 29.5 Å². The molecular weight excluding hydrogens is 507 g/mol. The number of carbonyl (C=O) groups excluding carboxylic acids is 2. The zero-order valence-corrected chi connectivity index (χ0v) is 23.7. The summed E-state index contributed by atoms with van der Waals surface area (Å²) in [5.41, 5.74) is 3.05. The first-order valence-electron chi connectivity index (χ1n) is 13.3. The fourth-order valence-corrected chi connectivity index (χ4v) is 4.98. The number of rotatable bonds is 4. The number of nitrogens with one attached hydrogen (secondary N) is 1. The highest BCUT2D eigenvalue weighted by Gasteiger charge is 2.39. The molecule has 1 aliphatic heterocycles. The van der Waals surface area contributed by atoms with Crippen LogP contribution in [0.1, 0.15) is 66.3 Å². The third-order valence-electron chi connectivity index (χ3n) is 6.99. The molecule has 1 aromatic carbocycles. The number of carboxylic acid groups (broad SMARTS) is 1. The minimum atomic E-state index is -0.974. The Balaban J connectivity index is 1.59. The van der Waals surface area contributed by atoms with Crippen molar-refractivity contribution in [1.82, 2.24) is 24.9 Å². The van der Waals surface area contributed by atoms with Crippen molar-refractivity contribution in [2.75, 3.05) is 31.6 Å². The molecule has 0 radical (unpaired) electrons. The van der Waals surface area contributed by atoms with Gasteiger partial charge in [-0.15, -0.1) is 0 Å². The summed E-state index contributed by atoms with van der Waals surface area (Å²) >= 11 is 0. The van der Waals surface area contributed by atoms with E-state index in [2.05, 4.69) is 10.4 Å². The van der Waals surface area contributed by atoms with E-state index in [4.69, 9.17) is 4.74 Å². The van der Waals surface area contributed by atoms with Crippen LogP contribution >= 0.6 is 0 Å². The summed E-state index contributed by atoms with van der Waals surface area (Å²) in [5.74, 6) is -0.401. The number of hydrogen-bond acceptors (Lipinski definition) is 6. The quantitative estimate of drug-likeness (QED) is 0.553. The zero-order valence-electron chi connectivity index (χ0n) is 23.7. The smallest absolute Gasteiger partial charge is 0.428 e. The number of halogens is 1. The predicted octanol–water partition coefficient (Wildman–Crippen LogP) is 4.17. The highest BCUT2D eigenvalue weighted by atomic mass is 19.1. The van der Waals surface area contributed by atoms with Gasteiger partial charge >= 0.3 is 12.2 Å². The molecule has 2 aliphatic rings. The van der Waals surface area contributed by atoms with Gasteiger partial charge in [0.1, 0.15) is 17.2 Å². The average molecular weight is 547 g/mol. The lowest BCUT2D eigenvalue weighted by Gasteiger charge is -2.46. The molecule has 2 heterocycles. The second-order valence-corrected chi connectivity index (χ2v) is 12.5. The number of hydrogen-bond donors (Lipinski definition) is 2. The summed E-state index contributed by atoms with van der Waals surface area (Å²) in [7, 11) is 1.41. The number of anilines is 1. The number of nitrogens with zero attached hydrogens (tertiary/aromatic N) is 5.